The molecule has 0 bridgehead atoms. The summed E-state index contributed by atoms with van der Waals surface area (Å²) in [5.74, 6) is -0.257. The molecule has 4 rings (SSSR count). The zero-order valence-electron chi connectivity index (χ0n) is 16.1. The number of rotatable bonds is 5. The Morgan fingerprint density at radius 1 is 1.18 bits per heavy atom. The van der Waals surface area contributed by atoms with Crippen LogP contribution in [0.25, 0.3) is 16.9 Å². The molecule has 1 atom stereocenters. The second-order valence-electron chi connectivity index (χ2n) is 7.52. The van der Waals surface area contributed by atoms with E-state index in [1.54, 1.807) is 12.1 Å². The van der Waals surface area contributed by atoms with Crippen molar-refractivity contribution in [2.45, 2.75) is 19.0 Å². The van der Waals surface area contributed by atoms with Crippen molar-refractivity contribution in [1.29, 1.82) is 0 Å². The van der Waals surface area contributed by atoms with Crippen LogP contribution in [-0.2, 0) is 6.54 Å². The van der Waals surface area contributed by atoms with Gasteiger partial charge in [-0.25, -0.2) is 9.07 Å². The van der Waals surface area contributed by atoms with Gasteiger partial charge in [-0.1, -0.05) is 29.8 Å². The summed E-state index contributed by atoms with van der Waals surface area (Å²) in [7, 11) is 4.32. The van der Waals surface area contributed by atoms with Crippen LogP contribution in [0.1, 0.15) is 12.0 Å². The number of nitrogens with zero attached hydrogens (tertiary/aromatic N) is 4. The van der Waals surface area contributed by atoms with E-state index in [0.717, 1.165) is 42.1 Å². The van der Waals surface area contributed by atoms with Crippen LogP contribution in [0, 0.1) is 5.82 Å². The van der Waals surface area contributed by atoms with E-state index < -0.39 is 0 Å². The van der Waals surface area contributed by atoms with Crippen molar-refractivity contribution in [3.05, 3.63) is 71.1 Å². The molecule has 1 saturated heterocycles. The molecule has 4 nitrogen and oxygen atoms in total. The first-order valence-corrected chi connectivity index (χ1v) is 9.87. The molecule has 0 spiro atoms. The third kappa shape index (κ3) is 3.97. The summed E-state index contributed by atoms with van der Waals surface area (Å²) in [5, 5.41) is 5.49. The molecule has 0 aliphatic carbocycles. The molecule has 28 heavy (non-hydrogen) atoms. The van der Waals surface area contributed by atoms with Gasteiger partial charge in [0, 0.05) is 36.5 Å². The summed E-state index contributed by atoms with van der Waals surface area (Å²) in [4.78, 5) is 4.74. The summed E-state index contributed by atoms with van der Waals surface area (Å²) in [6, 6.07) is 14.7. The molecule has 1 unspecified atom stereocenters. The van der Waals surface area contributed by atoms with Gasteiger partial charge < -0.3 is 4.90 Å². The molecule has 0 radical (unpaired) electrons. The first kappa shape index (κ1) is 19.1. The van der Waals surface area contributed by atoms with Crippen molar-refractivity contribution in [2.24, 2.45) is 0 Å². The van der Waals surface area contributed by atoms with Gasteiger partial charge in [-0.2, -0.15) is 5.10 Å². The maximum absolute atomic E-state index is 13.3. The van der Waals surface area contributed by atoms with Crippen molar-refractivity contribution < 1.29 is 4.39 Å². The summed E-state index contributed by atoms with van der Waals surface area (Å²) < 4.78 is 15.1. The van der Waals surface area contributed by atoms with E-state index in [1.165, 1.54) is 18.6 Å². The fourth-order valence-corrected chi connectivity index (χ4v) is 4.03. The van der Waals surface area contributed by atoms with Crippen molar-refractivity contribution >= 4 is 11.6 Å². The van der Waals surface area contributed by atoms with E-state index in [4.69, 9.17) is 16.7 Å². The van der Waals surface area contributed by atoms with Crippen LogP contribution >= 0.6 is 11.6 Å². The average Bonchev–Trinajstić information content (AvgIpc) is 3.29. The van der Waals surface area contributed by atoms with Crippen LogP contribution in [0.15, 0.2) is 54.7 Å². The number of likely N-dealkylation sites (N-methyl/N-ethyl adjacent to an activating group) is 2. The second kappa shape index (κ2) is 8.03. The normalized spacial score (nSPS) is 17.5. The fraction of sp³-hybridized carbons (Fsp3) is 0.318. The topological polar surface area (TPSA) is 24.3 Å². The molecule has 146 valence electrons. The SMILES string of the molecule is CN1CCC(N(C)Cc2cn(-c3ccc(F)cc3)nc2-c2ccccc2Cl)C1. The van der Waals surface area contributed by atoms with Crippen molar-refractivity contribution in [3.8, 4) is 16.9 Å². The number of halogens is 2. The van der Waals surface area contributed by atoms with E-state index in [9.17, 15) is 4.39 Å². The van der Waals surface area contributed by atoms with Gasteiger partial charge in [-0.05, 0) is 57.4 Å². The van der Waals surface area contributed by atoms with Gasteiger partial charge in [0.1, 0.15) is 5.82 Å². The minimum absolute atomic E-state index is 0.257. The molecule has 6 heteroatoms. The molecule has 1 aliphatic rings. The predicted molar refractivity (Wildman–Crippen MR) is 111 cm³/mol. The van der Waals surface area contributed by atoms with Crippen LogP contribution in [0.2, 0.25) is 5.02 Å². The number of benzene rings is 2. The minimum Gasteiger partial charge on any atom is -0.305 e. The zero-order valence-corrected chi connectivity index (χ0v) is 16.9. The van der Waals surface area contributed by atoms with Gasteiger partial charge in [0.05, 0.1) is 16.4 Å². The van der Waals surface area contributed by atoms with Crippen LogP contribution in [-0.4, -0.2) is 52.8 Å². The summed E-state index contributed by atoms with van der Waals surface area (Å²) in [6.07, 6.45) is 3.20. The number of likely N-dealkylation sites (tertiary alicyclic amines) is 1. The van der Waals surface area contributed by atoms with Crippen LogP contribution in [0.4, 0.5) is 4.39 Å². The van der Waals surface area contributed by atoms with Gasteiger partial charge in [0.25, 0.3) is 0 Å². The average molecular weight is 399 g/mol. The summed E-state index contributed by atoms with van der Waals surface area (Å²) >= 11 is 6.47. The van der Waals surface area contributed by atoms with Gasteiger partial charge in [-0.15, -0.1) is 0 Å². The van der Waals surface area contributed by atoms with Gasteiger partial charge in [-0.3, -0.25) is 4.90 Å². The zero-order chi connectivity index (χ0) is 19.7. The third-order valence-corrected chi connectivity index (χ3v) is 5.75. The first-order chi connectivity index (χ1) is 13.5. The Labute approximate surface area is 170 Å². The lowest BCUT2D eigenvalue weighted by molar-refractivity contribution is 0.234. The van der Waals surface area contributed by atoms with E-state index in [2.05, 4.69) is 23.9 Å². The lowest BCUT2D eigenvalue weighted by Gasteiger charge is -2.24. The number of hydrogen-bond acceptors (Lipinski definition) is 3. The minimum atomic E-state index is -0.257. The molecule has 0 amide bonds. The molecule has 1 fully saturated rings. The van der Waals surface area contributed by atoms with Crippen molar-refractivity contribution in [2.75, 3.05) is 27.2 Å². The highest BCUT2D eigenvalue weighted by Gasteiger charge is 2.25. The number of hydrogen-bond donors (Lipinski definition) is 0. The Hall–Kier alpha value is -2.21. The smallest absolute Gasteiger partial charge is 0.123 e. The Morgan fingerprint density at radius 2 is 1.93 bits per heavy atom. The van der Waals surface area contributed by atoms with E-state index >= 15 is 0 Å². The molecular formula is C22H24ClFN4. The number of aromatic nitrogens is 2. The first-order valence-electron chi connectivity index (χ1n) is 9.49. The van der Waals surface area contributed by atoms with Gasteiger partial charge in [0.2, 0.25) is 0 Å². The van der Waals surface area contributed by atoms with E-state index in [-0.39, 0.29) is 5.82 Å². The molecular weight excluding hydrogens is 375 g/mol. The summed E-state index contributed by atoms with van der Waals surface area (Å²) in [6.45, 7) is 2.98. The highest BCUT2D eigenvalue weighted by Crippen LogP contribution is 2.31. The maximum Gasteiger partial charge on any atom is 0.123 e. The van der Waals surface area contributed by atoms with E-state index in [1.807, 2.05) is 35.1 Å². The van der Waals surface area contributed by atoms with Crippen LogP contribution in [0.5, 0.6) is 0 Å². The standard InChI is InChI=1S/C22H24ClFN4/c1-26-12-11-19(15-26)27(2)13-16-14-28(18-9-7-17(24)8-10-18)25-22(16)20-5-3-4-6-21(20)23/h3-10,14,19H,11-13,15H2,1-2H3. The Bertz CT molecular complexity index is 953. The molecule has 0 saturated carbocycles. The Kier molecular flexibility index (Phi) is 5.49. The predicted octanol–water partition coefficient (Wildman–Crippen LogP) is 4.47. The lowest BCUT2D eigenvalue weighted by Crippen LogP contribution is -2.33. The Morgan fingerprint density at radius 3 is 2.61 bits per heavy atom. The third-order valence-electron chi connectivity index (χ3n) is 5.42. The van der Waals surface area contributed by atoms with Crippen LogP contribution < -0.4 is 0 Å². The molecule has 2 aromatic carbocycles. The highest BCUT2D eigenvalue weighted by atomic mass is 35.5. The molecule has 2 heterocycles. The lowest BCUT2D eigenvalue weighted by atomic mass is 10.1. The molecule has 0 N–H and O–H groups in total. The van der Waals surface area contributed by atoms with Crippen molar-refractivity contribution in [1.82, 2.24) is 19.6 Å². The fourth-order valence-electron chi connectivity index (χ4n) is 3.80. The summed E-state index contributed by atoms with van der Waals surface area (Å²) in [5.41, 5.74) is 3.71. The quantitative estimate of drug-likeness (QED) is 0.633. The van der Waals surface area contributed by atoms with Crippen molar-refractivity contribution in [3.63, 3.8) is 0 Å². The van der Waals surface area contributed by atoms with Gasteiger partial charge >= 0.3 is 0 Å². The molecule has 1 aromatic heterocycles. The second-order valence-corrected chi connectivity index (χ2v) is 7.93. The van der Waals surface area contributed by atoms with Crippen LogP contribution in [0.3, 0.4) is 0 Å². The Balaban J connectivity index is 1.70. The molecule has 3 aromatic rings. The highest BCUT2D eigenvalue weighted by molar-refractivity contribution is 6.33. The van der Waals surface area contributed by atoms with E-state index in [0.29, 0.717) is 11.1 Å². The maximum atomic E-state index is 13.3. The van der Waals surface area contributed by atoms with Gasteiger partial charge in [0.15, 0.2) is 0 Å². The monoisotopic (exact) mass is 398 g/mol. The largest absolute Gasteiger partial charge is 0.305 e. The molecule has 1 aliphatic heterocycles.